The molecule has 2 aromatic heterocycles. The van der Waals surface area contributed by atoms with Gasteiger partial charge in [-0.15, -0.1) is 0 Å². The molecule has 0 aliphatic heterocycles. The molecule has 0 unspecified atom stereocenters. The average molecular weight is 266 g/mol. The van der Waals surface area contributed by atoms with Crippen LogP contribution in [0.1, 0.15) is 41.9 Å². The number of rotatable bonds is 2. The molecule has 1 aliphatic rings. The van der Waals surface area contributed by atoms with Gasteiger partial charge in [0.1, 0.15) is 0 Å². The molecule has 0 atom stereocenters. The van der Waals surface area contributed by atoms with Crippen LogP contribution in [-0.4, -0.2) is 15.8 Å². The fourth-order valence-electron chi connectivity index (χ4n) is 3.00. The number of carbonyl (C=O) groups excluding carboxylic acids is 1. The predicted molar refractivity (Wildman–Crippen MR) is 80.5 cm³/mol. The van der Waals surface area contributed by atoms with Gasteiger partial charge in [0.15, 0.2) is 5.78 Å². The summed E-state index contributed by atoms with van der Waals surface area (Å²) in [6.07, 6.45) is 4.98. The van der Waals surface area contributed by atoms with Crippen LogP contribution in [0.4, 0.5) is 0 Å². The summed E-state index contributed by atoms with van der Waals surface area (Å²) in [7, 11) is 0. The van der Waals surface area contributed by atoms with Gasteiger partial charge in [0.05, 0.1) is 11.4 Å². The van der Waals surface area contributed by atoms with Crippen LogP contribution in [-0.2, 0) is 6.42 Å². The molecule has 0 saturated heterocycles. The van der Waals surface area contributed by atoms with Gasteiger partial charge in [0, 0.05) is 29.4 Å². The highest BCUT2D eigenvalue weighted by Crippen LogP contribution is 2.39. The number of carbonyl (C=O) groups is 1. The molecule has 1 aliphatic carbocycles. The SMILES string of the molecule is C=Cc1c(-c2ccccn2)[nH]c2c1C(=O)CC(C)(C)C2. The minimum Gasteiger partial charge on any atom is -0.356 e. The van der Waals surface area contributed by atoms with Crippen molar-refractivity contribution in [2.45, 2.75) is 26.7 Å². The molecule has 1 N–H and O–H groups in total. The third-order valence-electron chi connectivity index (χ3n) is 3.81. The largest absolute Gasteiger partial charge is 0.356 e. The lowest BCUT2D eigenvalue weighted by Gasteiger charge is -2.28. The van der Waals surface area contributed by atoms with Crippen molar-refractivity contribution in [3.05, 3.63) is 47.8 Å². The summed E-state index contributed by atoms with van der Waals surface area (Å²) in [5.74, 6) is 0.199. The Morgan fingerprint density at radius 1 is 1.35 bits per heavy atom. The van der Waals surface area contributed by atoms with Gasteiger partial charge in [0.2, 0.25) is 0 Å². The van der Waals surface area contributed by atoms with E-state index in [0.717, 1.165) is 34.6 Å². The predicted octanol–water partition coefficient (Wildman–Crippen LogP) is 3.87. The number of ketones is 1. The first-order valence-corrected chi connectivity index (χ1v) is 6.84. The first-order chi connectivity index (χ1) is 9.52. The quantitative estimate of drug-likeness (QED) is 0.896. The maximum atomic E-state index is 12.4. The molecular formula is C17H18N2O. The van der Waals surface area contributed by atoms with E-state index in [1.165, 1.54) is 0 Å². The van der Waals surface area contributed by atoms with Gasteiger partial charge in [-0.2, -0.15) is 0 Å². The Balaban J connectivity index is 2.21. The highest BCUT2D eigenvalue weighted by molar-refractivity contribution is 6.04. The number of H-pyrrole nitrogens is 1. The van der Waals surface area contributed by atoms with E-state index >= 15 is 0 Å². The number of hydrogen-bond donors (Lipinski definition) is 1. The van der Waals surface area contributed by atoms with E-state index in [-0.39, 0.29) is 11.2 Å². The van der Waals surface area contributed by atoms with Crippen molar-refractivity contribution in [2.75, 3.05) is 0 Å². The van der Waals surface area contributed by atoms with Crippen LogP contribution < -0.4 is 0 Å². The lowest BCUT2D eigenvalue weighted by Crippen LogP contribution is -2.26. The third kappa shape index (κ3) is 1.99. The van der Waals surface area contributed by atoms with Crippen molar-refractivity contribution >= 4 is 11.9 Å². The van der Waals surface area contributed by atoms with E-state index < -0.39 is 0 Å². The first-order valence-electron chi connectivity index (χ1n) is 6.84. The van der Waals surface area contributed by atoms with Crippen LogP contribution in [0.15, 0.2) is 31.0 Å². The Kier molecular flexibility index (Phi) is 2.85. The molecule has 2 heterocycles. The Morgan fingerprint density at radius 3 is 2.80 bits per heavy atom. The first kappa shape index (κ1) is 12.9. The van der Waals surface area contributed by atoms with E-state index in [1.807, 2.05) is 18.2 Å². The molecule has 0 bridgehead atoms. The Labute approximate surface area is 118 Å². The zero-order valence-electron chi connectivity index (χ0n) is 11.9. The number of aromatic nitrogens is 2. The minimum atomic E-state index is 0.00869. The van der Waals surface area contributed by atoms with Gasteiger partial charge < -0.3 is 4.98 Å². The molecule has 0 amide bonds. The molecule has 3 heteroatoms. The summed E-state index contributed by atoms with van der Waals surface area (Å²) in [5.41, 5.74) is 4.47. The van der Waals surface area contributed by atoms with Crippen molar-refractivity contribution < 1.29 is 4.79 Å². The third-order valence-corrected chi connectivity index (χ3v) is 3.81. The van der Waals surface area contributed by atoms with E-state index in [9.17, 15) is 4.79 Å². The smallest absolute Gasteiger partial charge is 0.165 e. The monoisotopic (exact) mass is 266 g/mol. The van der Waals surface area contributed by atoms with E-state index in [1.54, 1.807) is 12.3 Å². The standard InChI is InChI=1S/C17H18N2O/c1-4-11-15-13(9-17(2,3)10-14(15)20)19-16(11)12-7-5-6-8-18-12/h4-8,19H,1,9-10H2,2-3H3. The van der Waals surface area contributed by atoms with Crippen LogP contribution in [0.3, 0.4) is 0 Å². The summed E-state index contributed by atoms with van der Waals surface area (Å²) in [6.45, 7) is 8.12. The van der Waals surface area contributed by atoms with Crippen LogP contribution >= 0.6 is 0 Å². The maximum absolute atomic E-state index is 12.4. The normalized spacial score (nSPS) is 16.8. The van der Waals surface area contributed by atoms with Crippen molar-refractivity contribution in [1.82, 2.24) is 9.97 Å². The summed E-state index contributed by atoms with van der Waals surface area (Å²) in [4.78, 5) is 20.2. The highest BCUT2D eigenvalue weighted by Gasteiger charge is 2.34. The number of pyridine rings is 1. The van der Waals surface area contributed by atoms with Crippen molar-refractivity contribution in [2.24, 2.45) is 5.41 Å². The summed E-state index contributed by atoms with van der Waals surface area (Å²) in [6, 6.07) is 5.77. The van der Waals surface area contributed by atoms with E-state index in [0.29, 0.717) is 6.42 Å². The fraction of sp³-hybridized carbons (Fsp3) is 0.294. The molecule has 102 valence electrons. The van der Waals surface area contributed by atoms with Gasteiger partial charge in [0.25, 0.3) is 0 Å². The summed E-state index contributed by atoms with van der Waals surface area (Å²) in [5, 5.41) is 0. The summed E-state index contributed by atoms with van der Waals surface area (Å²) >= 11 is 0. The molecule has 2 aromatic rings. The molecule has 3 rings (SSSR count). The second-order valence-electron chi connectivity index (χ2n) is 6.13. The second-order valence-corrected chi connectivity index (χ2v) is 6.13. The van der Waals surface area contributed by atoms with Crippen LogP contribution in [0.2, 0.25) is 0 Å². The summed E-state index contributed by atoms with van der Waals surface area (Å²) < 4.78 is 0. The number of hydrogen-bond acceptors (Lipinski definition) is 2. The van der Waals surface area contributed by atoms with Gasteiger partial charge in [-0.3, -0.25) is 9.78 Å². The molecule has 3 nitrogen and oxygen atoms in total. The van der Waals surface area contributed by atoms with Crippen LogP contribution in [0.25, 0.3) is 17.5 Å². The second kappa shape index (κ2) is 4.44. The molecule has 0 fully saturated rings. The van der Waals surface area contributed by atoms with Crippen molar-refractivity contribution in [3.63, 3.8) is 0 Å². The van der Waals surface area contributed by atoms with Gasteiger partial charge in [-0.1, -0.05) is 32.6 Å². The van der Waals surface area contributed by atoms with Gasteiger partial charge in [-0.05, 0) is 24.0 Å². The average Bonchev–Trinajstić information content (AvgIpc) is 2.76. The van der Waals surface area contributed by atoms with Crippen molar-refractivity contribution in [3.8, 4) is 11.4 Å². The number of fused-ring (bicyclic) bond motifs is 1. The minimum absolute atomic E-state index is 0.00869. The Bertz CT molecular complexity index is 681. The van der Waals surface area contributed by atoms with Crippen LogP contribution in [0, 0.1) is 5.41 Å². The van der Waals surface area contributed by atoms with Crippen LogP contribution in [0.5, 0.6) is 0 Å². The molecular weight excluding hydrogens is 248 g/mol. The number of nitrogens with one attached hydrogen (secondary N) is 1. The number of nitrogens with zero attached hydrogens (tertiary/aromatic N) is 1. The maximum Gasteiger partial charge on any atom is 0.165 e. The molecule has 0 spiro atoms. The van der Waals surface area contributed by atoms with Gasteiger partial charge in [-0.25, -0.2) is 0 Å². The molecule has 0 aromatic carbocycles. The fourth-order valence-corrected chi connectivity index (χ4v) is 3.00. The topological polar surface area (TPSA) is 45.8 Å². The van der Waals surface area contributed by atoms with E-state index in [4.69, 9.17) is 0 Å². The number of Topliss-reactive ketones (excluding diaryl/α,β-unsaturated/α-hetero) is 1. The Morgan fingerprint density at radius 2 is 2.15 bits per heavy atom. The molecule has 0 radical (unpaired) electrons. The number of aromatic amines is 1. The lowest BCUT2D eigenvalue weighted by molar-refractivity contribution is 0.0911. The molecule has 20 heavy (non-hydrogen) atoms. The van der Waals surface area contributed by atoms with Crippen molar-refractivity contribution in [1.29, 1.82) is 0 Å². The van der Waals surface area contributed by atoms with E-state index in [2.05, 4.69) is 30.4 Å². The highest BCUT2D eigenvalue weighted by atomic mass is 16.1. The zero-order chi connectivity index (χ0) is 14.3. The molecule has 0 saturated carbocycles. The zero-order valence-corrected chi connectivity index (χ0v) is 11.9. The lowest BCUT2D eigenvalue weighted by atomic mass is 9.75. The Hall–Kier alpha value is -2.16. The van der Waals surface area contributed by atoms with Gasteiger partial charge >= 0.3 is 0 Å².